The molecule has 0 aromatic carbocycles. The third-order valence-corrected chi connectivity index (χ3v) is 2.74. The Morgan fingerprint density at radius 1 is 1.62 bits per heavy atom. The molecule has 0 amide bonds. The van der Waals surface area contributed by atoms with Crippen LogP contribution in [0.1, 0.15) is 30.2 Å². The summed E-state index contributed by atoms with van der Waals surface area (Å²) in [4.78, 5) is 4.36. The number of pyridine rings is 1. The van der Waals surface area contributed by atoms with Crippen LogP contribution in [0.3, 0.4) is 0 Å². The lowest BCUT2D eigenvalue weighted by Gasteiger charge is -2.20. The van der Waals surface area contributed by atoms with Crippen molar-refractivity contribution < 1.29 is 5.11 Å². The largest absolute Gasteiger partial charge is 0.392 e. The molecule has 2 heteroatoms. The maximum absolute atomic E-state index is 8.97. The maximum atomic E-state index is 8.97. The van der Waals surface area contributed by atoms with Crippen LogP contribution >= 0.6 is 0 Å². The third kappa shape index (κ3) is 1.73. The highest BCUT2D eigenvalue weighted by molar-refractivity contribution is 5.27. The van der Waals surface area contributed by atoms with Gasteiger partial charge in [-0.1, -0.05) is 13.0 Å². The van der Waals surface area contributed by atoms with Crippen LogP contribution in [0.15, 0.2) is 12.3 Å². The molecule has 0 bridgehead atoms. The molecule has 1 unspecified atom stereocenters. The van der Waals surface area contributed by atoms with Gasteiger partial charge >= 0.3 is 0 Å². The molecule has 2 nitrogen and oxygen atoms in total. The molecule has 1 atom stereocenters. The lowest BCUT2D eigenvalue weighted by molar-refractivity contribution is 0.281. The Morgan fingerprint density at radius 2 is 2.46 bits per heavy atom. The number of hydrogen-bond acceptors (Lipinski definition) is 2. The summed E-state index contributed by atoms with van der Waals surface area (Å²) < 4.78 is 0. The molecule has 0 spiro atoms. The van der Waals surface area contributed by atoms with Gasteiger partial charge in [0.1, 0.15) is 0 Å². The van der Waals surface area contributed by atoms with E-state index in [0.717, 1.165) is 24.3 Å². The van der Waals surface area contributed by atoms with E-state index < -0.39 is 0 Å². The average Bonchev–Trinajstić information content (AvgIpc) is 2.16. The van der Waals surface area contributed by atoms with Crippen molar-refractivity contribution in [2.24, 2.45) is 5.92 Å². The van der Waals surface area contributed by atoms with Gasteiger partial charge in [0.15, 0.2) is 0 Å². The Balaban J connectivity index is 2.32. The summed E-state index contributed by atoms with van der Waals surface area (Å²) in [7, 11) is 0. The lowest BCUT2D eigenvalue weighted by Crippen LogP contribution is -2.13. The van der Waals surface area contributed by atoms with Crippen LogP contribution in [0.4, 0.5) is 0 Å². The summed E-state index contributed by atoms with van der Waals surface area (Å²) in [6.07, 6.45) is 5.26. The van der Waals surface area contributed by atoms with Crippen LogP contribution in [-0.4, -0.2) is 10.1 Å². The summed E-state index contributed by atoms with van der Waals surface area (Å²) in [6, 6.07) is 2.10. The zero-order valence-electron chi connectivity index (χ0n) is 7.95. The van der Waals surface area contributed by atoms with E-state index in [0.29, 0.717) is 0 Å². The molecule has 0 fully saturated rings. The van der Waals surface area contributed by atoms with Crippen molar-refractivity contribution in [3.05, 3.63) is 29.1 Å². The Bertz CT molecular complexity index is 309. The highest BCUT2D eigenvalue weighted by atomic mass is 16.3. The normalized spacial score (nSPS) is 21.2. The number of nitrogens with zero attached hydrogens (tertiary/aromatic N) is 1. The van der Waals surface area contributed by atoms with Crippen molar-refractivity contribution in [1.29, 1.82) is 0 Å². The van der Waals surface area contributed by atoms with Crippen LogP contribution in [0.2, 0.25) is 0 Å². The lowest BCUT2D eigenvalue weighted by atomic mass is 9.87. The standard InChI is InChI=1S/C11H15NO/c1-8-2-3-11-10(4-8)5-9(7-13)6-12-11/h5-6,8,13H,2-4,7H2,1H3. The smallest absolute Gasteiger partial charge is 0.0696 e. The van der Waals surface area contributed by atoms with Crippen molar-refractivity contribution in [1.82, 2.24) is 4.98 Å². The Hall–Kier alpha value is -0.890. The van der Waals surface area contributed by atoms with Gasteiger partial charge < -0.3 is 5.11 Å². The molecule has 0 radical (unpaired) electrons. The topological polar surface area (TPSA) is 33.1 Å². The monoisotopic (exact) mass is 177 g/mol. The zero-order chi connectivity index (χ0) is 9.26. The Kier molecular flexibility index (Phi) is 2.32. The number of hydrogen-bond donors (Lipinski definition) is 1. The van der Waals surface area contributed by atoms with E-state index in [9.17, 15) is 0 Å². The van der Waals surface area contributed by atoms with Crippen LogP contribution in [-0.2, 0) is 19.4 Å². The molecule has 0 aliphatic heterocycles. The summed E-state index contributed by atoms with van der Waals surface area (Å²) in [5, 5.41) is 8.97. The zero-order valence-corrected chi connectivity index (χ0v) is 7.95. The van der Waals surface area contributed by atoms with E-state index in [1.165, 1.54) is 17.7 Å². The van der Waals surface area contributed by atoms with E-state index in [4.69, 9.17) is 5.11 Å². The predicted octanol–water partition coefficient (Wildman–Crippen LogP) is 1.70. The average molecular weight is 177 g/mol. The highest BCUT2D eigenvalue weighted by Crippen LogP contribution is 2.24. The van der Waals surface area contributed by atoms with Gasteiger partial charge in [0.25, 0.3) is 0 Å². The number of aliphatic hydroxyl groups excluding tert-OH is 1. The molecule has 1 aromatic heterocycles. The Morgan fingerprint density at radius 3 is 3.23 bits per heavy atom. The first-order valence-electron chi connectivity index (χ1n) is 4.87. The van der Waals surface area contributed by atoms with E-state index in [1.807, 2.05) is 0 Å². The summed E-state index contributed by atoms with van der Waals surface area (Å²) >= 11 is 0. The second-order valence-electron chi connectivity index (χ2n) is 3.96. The van der Waals surface area contributed by atoms with Gasteiger partial charge in [-0.2, -0.15) is 0 Å². The quantitative estimate of drug-likeness (QED) is 0.708. The number of fused-ring (bicyclic) bond motifs is 1. The van der Waals surface area contributed by atoms with E-state index in [1.54, 1.807) is 6.20 Å². The van der Waals surface area contributed by atoms with Gasteiger partial charge in [0.2, 0.25) is 0 Å². The summed E-state index contributed by atoms with van der Waals surface area (Å²) in [5.74, 6) is 0.767. The minimum absolute atomic E-state index is 0.106. The molecule has 1 aromatic rings. The molecule has 1 aliphatic carbocycles. The fraction of sp³-hybridized carbons (Fsp3) is 0.545. The van der Waals surface area contributed by atoms with Crippen LogP contribution in [0.5, 0.6) is 0 Å². The van der Waals surface area contributed by atoms with Gasteiger partial charge in [-0.25, -0.2) is 0 Å². The first-order chi connectivity index (χ1) is 6.29. The first-order valence-corrected chi connectivity index (χ1v) is 4.87. The van der Waals surface area contributed by atoms with Crippen molar-refractivity contribution >= 4 is 0 Å². The molecule has 13 heavy (non-hydrogen) atoms. The van der Waals surface area contributed by atoms with Crippen LogP contribution in [0.25, 0.3) is 0 Å². The fourth-order valence-corrected chi connectivity index (χ4v) is 1.94. The van der Waals surface area contributed by atoms with E-state index >= 15 is 0 Å². The molecule has 70 valence electrons. The Labute approximate surface area is 78.6 Å². The van der Waals surface area contributed by atoms with Crippen molar-refractivity contribution in [2.45, 2.75) is 32.8 Å². The van der Waals surface area contributed by atoms with Crippen LogP contribution in [0, 0.1) is 5.92 Å². The molecule has 1 aliphatic rings. The highest BCUT2D eigenvalue weighted by Gasteiger charge is 2.15. The van der Waals surface area contributed by atoms with Crippen molar-refractivity contribution in [3.8, 4) is 0 Å². The number of rotatable bonds is 1. The van der Waals surface area contributed by atoms with Gasteiger partial charge in [0.05, 0.1) is 6.61 Å². The minimum atomic E-state index is 0.106. The van der Waals surface area contributed by atoms with Crippen molar-refractivity contribution in [3.63, 3.8) is 0 Å². The predicted molar refractivity (Wildman–Crippen MR) is 51.3 cm³/mol. The van der Waals surface area contributed by atoms with Crippen molar-refractivity contribution in [2.75, 3.05) is 0 Å². The molecular weight excluding hydrogens is 162 g/mol. The van der Waals surface area contributed by atoms with E-state index in [2.05, 4.69) is 18.0 Å². The minimum Gasteiger partial charge on any atom is -0.392 e. The molecular formula is C11H15NO. The maximum Gasteiger partial charge on any atom is 0.0696 e. The summed E-state index contributed by atoms with van der Waals surface area (Å²) in [5.41, 5.74) is 3.51. The second-order valence-corrected chi connectivity index (χ2v) is 3.96. The number of aromatic nitrogens is 1. The first kappa shape index (κ1) is 8.70. The fourth-order valence-electron chi connectivity index (χ4n) is 1.94. The number of aliphatic hydroxyl groups is 1. The number of aryl methyl sites for hydroxylation is 1. The molecule has 0 saturated heterocycles. The summed E-state index contributed by atoms with van der Waals surface area (Å²) in [6.45, 7) is 2.38. The third-order valence-electron chi connectivity index (χ3n) is 2.74. The van der Waals surface area contributed by atoms with E-state index in [-0.39, 0.29) is 6.61 Å². The second kappa shape index (κ2) is 3.46. The van der Waals surface area contributed by atoms with Gasteiger partial charge in [-0.05, 0) is 36.3 Å². The van der Waals surface area contributed by atoms with Gasteiger partial charge in [-0.3, -0.25) is 4.98 Å². The van der Waals surface area contributed by atoms with Crippen LogP contribution < -0.4 is 0 Å². The molecule has 1 N–H and O–H groups in total. The molecule has 2 rings (SSSR count). The molecule has 0 saturated carbocycles. The van der Waals surface area contributed by atoms with Gasteiger partial charge in [-0.15, -0.1) is 0 Å². The SMILES string of the molecule is CC1CCc2ncc(CO)cc2C1. The van der Waals surface area contributed by atoms with Gasteiger partial charge in [0, 0.05) is 11.9 Å². The molecule has 1 heterocycles.